The van der Waals surface area contributed by atoms with Gasteiger partial charge in [0.25, 0.3) is 0 Å². The first kappa shape index (κ1) is 108. The summed E-state index contributed by atoms with van der Waals surface area (Å²) in [4.78, 5) is 132. The van der Waals surface area contributed by atoms with Crippen LogP contribution in [0.1, 0.15) is 138 Å². The number of rotatable bonds is 28. The second-order valence-electron chi connectivity index (χ2n) is 32.1. The minimum absolute atomic E-state index is 0. The zero-order valence-electron chi connectivity index (χ0n) is 66.0. The first-order chi connectivity index (χ1) is 47.8. The Morgan fingerprint density at radius 2 is 0.638 bits per heavy atom. The zero-order valence-corrected chi connectivity index (χ0v) is 66.0. The fourth-order valence-corrected chi connectivity index (χ4v) is 10.7. The largest absolute Gasteiger partial charge is 0.480 e. The minimum atomic E-state index is -1.02. The van der Waals surface area contributed by atoms with Gasteiger partial charge in [0.2, 0.25) is 0 Å². The van der Waals surface area contributed by atoms with Crippen LogP contribution >= 0.6 is 0 Å². The number of aliphatic hydroxyl groups excluding tert-OH is 2. The van der Waals surface area contributed by atoms with Crippen LogP contribution in [-0.4, -0.2) is 336 Å². The number of halogens is 1. The van der Waals surface area contributed by atoms with Gasteiger partial charge in [-0.1, -0.05) is 121 Å². The van der Waals surface area contributed by atoms with E-state index < -0.39 is 35.3 Å². The molecule has 3 rings (SSSR count). The summed E-state index contributed by atoms with van der Waals surface area (Å²) in [6.45, 7) is 58.0. The third kappa shape index (κ3) is 73.3. The third-order valence-electron chi connectivity index (χ3n) is 14.2. The fraction of sp³-hybridized carbons (Fsp3) is 0.811. The van der Waals surface area contributed by atoms with Crippen LogP contribution in [0.5, 0.6) is 0 Å². The van der Waals surface area contributed by atoms with Crippen LogP contribution in [0.15, 0.2) is 30.3 Å². The van der Waals surface area contributed by atoms with Gasteiger partial charge in [-0.15, -0.1) is 0 Å². The summed E-state index contributed by atoms with van der Waals surface area (Å²) in [6, 6.07) is 9.51. The summed E-state index contributed by atoms with van der Waals surface area (Å²) in [5.74, 6) is -1.89. The first-order valence-corrected chi connectivity index (χ1v) is 35.1. The average molecular weight is 1510 g/mol. The molecule has 1 aromatic rings. The van der Waals surface area contributed by atoms with Crippen LogP contribution in [0.25, 0.3) is 0 Å². The third-order valence-corrected chi connectivity index (χ3v) is 14.2. The molecule has 105 heavy (non-hydrogen) atoms. The van der Waals surface area contributed by atoms with Crippen molar-refractivity contribution in [2.24, 2.45) is 21.7 Å². The van der Waals surface area contributed by atoms with Gasteiger partial charge in [0.15, 0.2) is 0 Å². The van der Waals surface area contributed by atoms with E-state index in [1.165, 1.54) is 0 Å². The van der Waals surface area contributed by atoms with Crippen molar-refractivity contribution in [3.8, 4) is 0 Å². The van der Waals surface area contributed by atoms with Crippen LogP contribution in [-0.2, 0) is 97.3 Å². The second-order valence-corrected chi connectivity index (χ2v) is 32.1. The van der Waals surface area contributed by atoms with Gasteiger partial charge in [-0.25, -0.2) is 9.59 Å². The molecule has 0 aromatic heterocycles. The van der Waals surface area contributed by atoms with Gasteiger partial charge in [0.1, 0.15) is 31.0 Å². The molecular weight excluding hydrogens is 1370 g/mol. The van der Waals surface area contributed by atoms with Gasteiger partial charge in [-0.2, -0.15) is 38.4 Å². The average Bonchev–Trinajstić information content (AvgIpc) is 0.883. The monoisotopic (exact) mass is 1510 g/mol. The quantitative estimate of drug-likeness (QED) is 0.0596. The van der Waals surface area contributed by atoms with E-state index in [0.29, 0.717) is 39.3 Å². The van der Waals surface area contributed by atoms with Gasteiger partial charge in [0, 0.05) is 144 Å². The van der Waals surface area contributed by atoms with Gasteiger partial charge in [-0.3, -0.25) is 33.9 Å². The molecule has 2 atom stereocenters. The number of carbonyl (C=O) groups is 4. The molecule has 0 amide bonds. The minimum Gasteiger partial charge on any atom is -0.480 e. The molecule has 2 unspecified atom stereocenters. The number of aliphatic hydroxyl groups is 2. The van der Waals surface area contributed by atoms with Crippen molar-refractivity contribution in [1.82, 2.24) is 39.2 Å². The highest BCUT2D eigenvalue weighted by molar-refractivity contribution is 5.72. The van der Waals surface area contributed by atoms with E-state index in [1.54, 1.807) is 0 Å². The number of hydrogen-bond acceptors (Lipinski definition) is 29. The Labute approximate surface area is 625 Å². The molecule has 2 fully saturated rings. The number of β-amino-alcohol motifs (C(OH)–C–C–N with tert-alkyl or cyclic N) is 2. The van der Waals surface area contributed by atoms with E-state index in [0.717, 1.165) is 110 Å². The summed E-state index contributed by atoms with van der Waals surface area (Å²) < 4.78 is 38.2. The van der Waals surface area contributed by atoms with Crippen LogP contribution in [0.4, 0.5) is 4.70 Å². The molecule has 2 heterocycles. The van der Waals surface area contributed by atoms with E-state index in [9.17, 15) is 29.4 Å². The summed E-state index contributed by atoms with van der Waals surface area (Å²) in [7, 11) is 0. The molecule has 3 N–H and O–H groups in total. The Balaban J connectivity index is -0.000000546. The van der Waals surface area contributed by atoms with Crippen molar-refractivity contribution in [2.45, 2.75) is 162 Å². The number of carbonyl (C=O) groups excluding carboxylic acids is 11. The lowest BCUT2D eigenvalue weighted by Crippen LogP contribution is -2.50. The number of carboxylic acids is 1. The molecule has 2 aliphatic rings. The maximum absolute atomic E-state index is 12.9. The summed E-state index contributed by atoms with van der Waals surface area (Å²) in [5, 5.41) is 30.4. The summed E-state index contributed by atoms with van der Waals surface area (Å²) >= 11 is 0. The normalized spacial score (nSPS) is 16.4. The van der Waals surface area contributed by atoms with E-state index in [4.69, 9.17) is 76.6 Å². The SMILES string of the molecule is C.CC(C)(C)CN1CCN(CC(=O)OC(C)(C)C)CCN(CC(O)COCCOCC(=O)O)CCN(CC(C)(C)C)CC1.CC(C)(C)CN1CCN(CC(=O)OC(C)(C)C)CCN(CC(O)COCCOCC(=O)OCc2ccccc2)CCN(CC(C)(C)C)CC1.F.O=C=O.O=C=O.O=C=O.O=C=O. The Bertz CT molecular complexity index is 2500. The molecule has 2 aliphatic heterocycles. The molecule has 30 nitrogen and oxygen atoms in total. The van der Waals surface area contributed by atoms with Crippen molar-refractivity contribution in [2.75, 3.05) is 210 Å². The second kappa shape index (κ2) is 60.0. The molecule has 0 bridgehead atoms. The number of ether oxygens (including phenoxy) is 7. The van der Waals surface area contributed by atoms with Crippen molar-refractivity contribution >= 4 is 48.5 Å². The van der Waals surface area contributed by atoms with Crippen molar-refractivity contribution in [3.63, 3.8) is 0 Å². The Kier molecular flexibility index (Phi) is 61.4. The van der Waals surface area contributed by atoms with Crippen molar-refractivity contribution in [3.05, 3.63) is 35.9 Å². The molecule has 610 valence electrons. The molecule has 0 radical (unpaired) electrons. The fourth-order valence-electron chi connectivity index (χ4n) is 10.7. The van der Waals surface area contributed by atoms with E-state index in [-0.39, 0.29) is 143 Å². The van der Waals surface area contributed by atoms with E-state index >= 15 is 0 Å². The maximum atomic E-state index is 12.9. The standard InChI is InChI=1S/C38H68N4O7.C31H62N4O7.4CO2.CH4.FH/c1-36(2,3)30-41-19-17-39(25-33(43)28-46-23-24-47-29-35(45)48-27-32-13-11-10-12-14-32)15-16-40(26-34(44)49-38(7,8)9)18-20-42(22-21-41)31-37(4,5)6;1-29(2,3)24-34-14-12-32(20-26(36)22-40-18-19-41-23-27(37)38)10-11-33(21-28(39)42-31(7,8)9)13-15-35(17-16-34)25-30(4,5)6;4*2-1-3;;/h10-14,33,43H,15-31H2,1-9H3;26,36H,10-25H2,1-9H3,(H,37,38);;;;;1H4;1H. The molecule has 0 aliphatic carbocycles. The van der Waals surface area contributed by atoms with Crippen LogP contribution < -0.4 is 0 Å². The highest BCUT2D eigenvalue weighted by Gasteiger charge is 2.28. The lowest BCUT2D eigenvalue weighted by atomic mass is 9.95. The topological polar surface area (TPSA) is 356 Å². The van der Waals surface area contributed by atoms with Crippen molar-refractivity contribution in [1.29, 1.82) is 0 Å². The predicted octanol–water partition coefficient (Wildman–Crippen LogP) is 4.35. The van der Waals surface area contributed by atoms with Gasteiger partial charge in [-0.05, 0) is 68.8 Å². The Morgan fingerprint density at radius 1 is 0.390 bits per heavy atom. The molecule has 31 heteroatoms. The Morgan fingerprint density at radius 3 is 0.895 bits per heavy atom. The molecule has 2 saturated heterocycles. The Hall–Kier alpha value is -6.01. The number of hydrogen-bond donors (Lipinski definition) is 3. The lowest BCUT2D eigenvalue weighted by Gasteiger charge is -2.38. The van der Waals surface area contributed by atoms with Crippen LogP contribution in [0.3, 0.4) is 0 Å². The van der Waals surface area contributed by atoms with Crippen molar-refractivity contribution < 1.29 is 111 Å². The summed E-state index contributed by atoms with van der Waals surface area (Å²) in [6.07, 6.45) is -0.392. The van der Waals surface area contributed by atoms with E-state index in [2.05, 4.69) is 122 Å². The van der Waals surface area contributed by atoms with Gasteiger partial charge < -0.3 is 68.1 Å². The maximum Gasteiger partial charge on any atom is 0.373 e. The first-order valence-electron chi connectivity index (χ1n) is 35.1. The molecule has 0 spiro atoms. The smallest absolute Gasteiger partial charge is 0.373 e. The number of nitrogens with zero attached hydrogens (tertiary/aromatic N) is 8. The zero-order chi connectivity index (χ0) is 79.3. The van der Waals surface area contributed by atoms with Crippen LogP contribution in [0, 0.1) is 21.7 Å². The number of esters is 3. The molecular formula is C74H135FN8O22. The highest BCUT2D eigenvalue weighted by atomic mass is 19.0. The molecule has 0 saturated carbocycles. The van der Waals surface area contributed by atoms with Gasteiger partial charge >= 0.3 is 48.5 Å². The van der Waals surface area contributed by atoms with Gasteiger partial charge in [0.05, 0.1) is 64.9 Å². The number of carboxylic acid groups (broad SMARTS) is 1. The van der Waals surface area contributed by atoms with E-state index in [1.807, 2.05) is 71.9 Å². The number of benzene rings is 1. The number of aliphatic carboxylic acids is 1. The van der Waals surface area contributed by atoms with Crippen LogP contribution in [0.2, 0.25) is 0 Å². The predicted molar refractivity (Wildman–Crippen MR) is 389 cm³/mol. The summed E-state index contributed by atoms with van der Waals surface area (Å²) in [5.41, 5.74) is 0.507. The lowest BCUT2D eigenvalue weighted by molar-refractivity contribution is -0.193. The molecule has 1 aromatic carbocycles. The highest BCUT2D eigenvalue weighted by Crippen LogP contribution is 2.21.